The average Bonchev–Trinajstić information content (AvgIpc) is 3.55. The monoisotopic (exact) mass is 606 g/mol. The van der Waals surface area contributed by atoms with Crippen LogP contribution in [0.2, 0.25) is 0 Å². The van der Waals surface area contributed by atoms with Gasteiger partial charge in [0.1, 0.15) is 17.1 Å². The van der Waals surface area contributed by atoms with Crippen molar-refractivity contribution in [1.82, 2.24) is 19.8 Å². The lowest BCUT2D eigenvalue weighted by Crippen LogP contribution is -2.71. The molecule has 1 aromatic rings. The van der Waals surface area contributed by atoms with E-state index in [1.165, 1.54) is 17.1 Å². The SMILES string of the molecule is NCCSc1ccc2cn(CC3=C(C(=O)[O-])N4C(=O)[C@@H](NC(=O)/C(=N\OCF)c5csc(N)n5)[C@@H]4SC3)cc[n+]1-2. The third-order valence-corrected chi connectivity index (χ3v) is 9.15. The lowest BCUT2D eigenvalue weighted by atomic mass is 10.0. The Morgan fingerprint density at radius 2 is 2.23 bits per heavy atom. The highest BCUT2D eigenvalue weighted by molar-refractivity contribution is 8.00. The van der Waals surface area contributed by atoms with Gasteiger partial charge in [0.05, 0.1) is 24.1 Å². The van der Waals surface area contributed by atoms with Crippen LogP contribution in [-0.2, 0) is 25.8 Å². The van der Waals surface area contributed by atoms with Crippen LogP contribution < -0.4 is 26.5 Å². The summed E-state index contributed by atoms with van der Waals surface area (Å²) in [4.78, 5) is 47.6. The van der Waals surface area contributed by atoms with Crippen LogP contribution in [-0.4, -0.2) is 74.3 Å². The van der Waals surface area contributed by atoms with Gasteiger partial charge >= 0.3 is 0 Å². The number of thioether (sulfide) groups is 2. The molecule has 5 N–H and O–H groups in total. The number of alkyl halides is 1. The van der Waals surface area contributed by atoms with Crippen LogP contribution in [0.4, 0.5) is 9.52 Å². The molecule has 17 heteroatoms. The van der Waals surface area contributed by atoms with E-state index in [4.69, 9.17) is 11.5 Å². The minimum absolute atomic E-state index is 0.0491. The van der Waals surface area contributed by atoms with Crippen LogP contribution in [0.15, 0.2) is 57.6 Å². The minimum atomic E-state index is -1.49. The van der Waals surface area contributed by atoms with E-state index in [-0.39, 0.29) is 34.5 Å². The van der Waals surface area contributed by atoms with Crippen LogP contribution in [0.3, 0.4) is 0 Å². The first kappa shape index (κ1) is 27.9. The third-order valence-electron chi connectivity index (χ3n) is 6.07. The Balaban J connectivity index is 1.33. The maximum Gasteiger partial charge on any atom is 0.276 e. The predicted molar refractivity (Wildman–Crippen MR) is 144 cm³/mol. The fourth-order valence-corrected chi connectivity index (χ4v) is 7.05. The Morgan fingerprint density at radius 1 is 1.40 bits per heavy atom. The lowest BCUT2D eigenvalue weighted by Gasteiger charge is -2.50. The van der Waals surface area contributed by atoms with Gasteiger partial charge in [0.2, 0.25) is 10.7 Å². The number of carboxylic acid groups (broad SMARTS) is 1. The number of anilines is 1. The summed E-state index contributed by atoms with van der Waals surface area (Å²) in [6.07, 6.45) is 5.59. The van der Waals surface area contributed by atoms with Gasteiger partial charge in [-0.15, -0.1) is 23.1 Å². The Morgan fingerprint density at radius 3 is 2.92 bits per heavy atom. The summed E-state index contributed by atoms with van der Waals surface area (Å²) < 4.78 is 16.4. The molecule has 0 aliphatic carbocycles. The molecule has 0 radical (unpaired) electrons. The normalized spacial score (nSPS) is 19.0. The molecule has 0 saturated carbocycles. The Labute approximate surface area is 239 Å². The van der Waals surface area contributed by atoms with Crippen molar-refractivity contribution in [2.24, 2.45) is 10.9 Å². The molecule has 40 heavy (non-hydrogen) atoms. The van der Waals surface area contributed by atoms with Crippen molar-refractivity contribution in [3.05, 3.63) is 53.1 Å². The molecule has 4 aliphatic rings. The van der Waals surface area contributed by atoms with Gasteiger partial charge in [-0.1, -0.05) is 16.9 Å². The van der Waals surface area contributed by atoms with Crippen LogP contribution in [0.5, 0.6) is 0 Å². The number of nitrogens with zero attached hydrogens (tertiary/aromatic N) is 5. The number of aromatic nitrogens is 3. The van der Waals surface area contributed by atoms with E-state index in [0.717, 1.165) is 32.7 Å². The second-order valence-electron chi connectivity index (χ2n) is 8.55. The number of oxime groups is 1. The number of halogens is 1. The number of carbonyl (C=O) groups is 3. The number of rotatable bonds is 11. The van der Waals surface area contributed by atoms with Crippen molar-refractivity contribution >= 4 is 63.5 Å². The zero-order valence-electron chi connectivity index (χ0n) is 20.7. The van der Waals surface area contributed by atoms with Gasteiger partial charge in [0, 0.05) is 42.1 Å². The van der Waals surface area contributed by atoms with E-state index >= 15 is 0 Å². The highest BCUT2D eigenvalue weighted by Crippen LogP contribution is 2.40. The molecule has 1 saturated heterocycles. The number of nitrogen functional groups attached to an aromatic ring is 1. The van der Waals surface area contributed by atoms with Crippen LogP contribution in [0.25, 0.3) is 5.69 Å². The van der Waals surface area contributed by atoms with Gasteiger partial charge in [-0.2, -0.15) is 4.57 Å². The molecule has 0 aromatic carbocycles. The maximum absolute atomic E-state index is 13.1. The molecule has 2 atom stereocenters. The van der Waals surface area contributed by atoms with Gasteiger partial charge in [0.25, 0.3) is 18.7 Å². The fourth-order valence-electron chi connectivity index (χ4n) is 4.37. The van der Waals surface area contributed by atoms with Crippen LogP contribution in [0.1, 0.15) is 5.69 Å². The molecule has 1 aromatic heterocycles. The first-order chi connectivity index (χ1) is 19.3. The van der Waals surface area contributed by atoms with Crippen molar-refractivity contribution in [3.8, 4) is 5.69 Å². The van der Waals surface area contributed by atoms with E-state index in [1.54, 1.807) is 11.8 Å². The summed E-state index contributed by atoms with van der Waals surface area (Å²) >= 11 is 3.98. The number of nitrogens with two attached hydrogens (primary N) is 2. The third kappa shape index (κ3) is 5.36. The highest BCUT2D eigenvalue weighted by Gasteiger charge is 2.53. The lowest BCUT2D eigenvalue weighted by molar-refractivity contribution is -0.633. The van der Waals surface area contributed by atoms with Crippen molar-refractivity contribution in [2.75, 3.05) is 30.6 Å². The molecular weight excluding hydrogens is 584 g/mol. The average molecular weight is 607 g/mol. The highest BCUT2D eigenvalue weighted by atomic mass is 32.2. The molecule has 0 spiro atoms. The number of aliphatic carboxylic acids is 1. The molecule has 5 rings (SSSR count). The number of thiazole rings is 1. The molecule has 2 amide bonds. The molecule has 0 unspecified atom stereocenters. The zero-order valence-corrected chi connectivity index (χ0v) is 23.1. The van der Waals surface area contributed by atoms with E-state index in [9.17, 15) is 23.9 Å². The summed E-state index contributed by atoms with van der Waals surface area (Å²) in [5.41, 5.74) is 12.1. The Bertz CT molecular complexity index is 1490. The summed E-state index contributed by atoms with van der Waals surface area (Å²) in [5, 5.41) is 20.1. The molecule has 0 bridgehead atoms. The van der Waals surface area contributed by atoms with Gasteiger partial charge < -0.3 is 36.1 Å². The number of hydrogen-bond donors (Lipinski definition) is 3. The van der Waals surface area contributed by atoms with E-state index in [0.29, 0.717) is 12.1 Å². The topological polar surface area (TPSA) is 185 Å². The van der Waals surface area contributed by atoms with E-state index in [1.807, 2.05) is 39.9 Å². The first-order valence-corrected chi connectivity index (χ1v) is 14.7. The number of carbonyl (C=O) groups excluding carboxylic acids is 3. The number of β-lactam (4-membered cyclic amide) rings is 1. The van der Waals surface area contributed by atoms with Crippen molar-refractivity contribution in [3.63, 3.8) is 0 Å². The zero-order chi connectivity index (χ0) is 28.4. The number of carboxylic acids is 1. The van der Waals surface area contributed by atoms with Gasteiger partial charge in [-0.05, 0) is 5.57 Å². The van der Waals surface area contributed by atoms with E-state index < -0.39 is 36.1 Å². The molecular formula is C23H23FN8O5S3. The second-order valence-corrected chi connectivity index (χ2v) is 11.7. The number of fused-ring (bicyclic) bond motifs is 2. The summed E-state index contributed by atoms with van der Waals surface area (Å²) in [6.45, 7) is -0.497. The summed E-state index contributed by atoms with van der Waals surface area (Å²) in [7, 11) is 0. The largest absolute Gasteiger partial charge is 0.543 e. The molecule has 5 heterocycles. The fraction of sp³-hybridized carbons (Fsp3) is 0.304. The Kier molecular flexibility index (Phi) is 8.24. The van der Waals surface area contributed by atoms with E-state index in [2.05, 4.69) is 20.3 Å². The molecule has 4 aliphatic heterocycles. The molecule has 13 nitrogen and oxygen atoms in total. The van der Waals surface area contributed by atoms with Crippen molar-refractivity contribution in [2.45, 2.75) is 23.0 Å². The second kappa shape index (κ2) is 11.8. The summed E-state index contributed by atoms with van der Waals surface area (Å²) in [5.74, 6) is -1.89. The van der Waals surface area contributed by atoms with Crippen LogP contribution in [0, 0.1) is 0 Å². The van der Waals surface area contributed by atoms with Crippen molar-refractivity contribution < 1.29 is 33.3 Å². The number of hydrogen-bond acceptors (Lipinski definition) is 12. The number of amides is 2. The summed E-state index contributed by atoms with van der Waals surface area (Å²) in [6, 6.07) is 2.90. The quantitative estimate of drug-likeness (QED) is 0.0808. The molecule has 210 valence electrons. The minimum Gasteiger partial charge on any atom is -0.543 e. The van der Waals surface area contributed by atoms with Crippen LogP contribution >= 0.6 is 34.9 Å². The van der Waals surface area contributed by atoms with Crippen molar-refractivity contribution in [1.29, 1.82) is 0 Å². The molecule has 1 fully saturated rings. The smallest absolute Gasteiger partial charge is 0.276 e. The van der Waals surface area contributed by atoms with Gasteiger partial charge in [-0.3, -0.25) is 14.5 Å². The standard InChI is InChI=1S/C23H23FN8O5S3/c24-11-37-29-16(14-10-40-23(26)27-14)19(33)28-17-20(34)32-18(22(35)36)12(9-39-21(17)32)7-30-4-5-31-13(8-30)1-2-15(31)38-6-3-25/h1-2,4-5,8,10,17,21H,3,6-7,9,11,25H2,(H3-,26,27,28,33,35,36)/b29-16-/t17-,21+/m1/s1. The number of nitrogens with one attached hydrogen (secondary N) is 1. The predicted octanol–water partition coefficient (Wildman–Crippen LogP) is -0.956. The van der Waals surface area contributed by atoms with Gasteiger partial charge in [-0.25, -0.2) is 9.37 Å². The maximum atomic E-state index is 13.1. The van der Waals surface area contributed by atoms with Gasteiger partial charge in [0.15, 0.2) is 17.0 Å². The first-order valence-electron chi connectivity index (χ1n) is 11.8. The Hall–Kier alpha value is -3.67.